The van der Waals surface area contributed by atoms with E-state index < -0.39 is 10.1 Å². The van der Waals surface area contributed by atoms with E-state index in [2.05, 4.69) is 9.97 Å². The minimum atomic E-state index is -4.03. The van der Waals surface area contributed by atoms with Crippen LogP contribution in [-0.2, 0) is 10.1 Å². The molecule has 0 atom stereocenters. The van der Waals surface area contributed by atoms with Crippen LogP contribution in [0.15, 0.2) is 71.9 Å². The van der Waals surface area contributed by atoms with Gasteiger partial charge in [0.1, 0.15) is 0 Å². The van der Waals surface area contributed by atoms with Gasteiger partial charge in [0.25, 0.3) is 5.16 Å². The van der Waals surface area contributed by atoms with Gasteiger partial charge >= 0.3 is 10.1 Å². The number of aromatic amines is 1. The average molecular weight is 324 g/mol. The molecule has 4 aromatic rings. The van der Waals surface area contributed by atoms with Crippen molar-refractivity contribution in [3.8, 4) is 5.75 Å². The molecule has 3 aromatic carbocycles. The summed E-state index contributed by atoms with van der Waals surface area (Å²) in [7, 11) is -4.03. The zero-order valence-electron chi connectivity index (χ0n) is 11.9. The molecule has 0 spiro atoms. The van der Waals surface area contributed by atoms with Crippen LogP contribution in [-0.4, -0.2) is 18.4 Å². The number of hydrogen-bond donors (Lipinski definition) is 1. The van der Waals surface area contributed by atoms with E-state index >= 15 is 0 Å². The summed E-state index contributed by atoms with van der Waals surface area (Å²) in [5.74, 6) is 0.281. The van der Waals surface area contributed by atoms with E-state index in [1.165, 1.54) is 0 Å². The molecule has 0 aliphatic carbocycles. The molecule has 114 valence electrons. The number of H-pyrrole nitrogens is 1. The number of nitrogens with zero attached hydrogens (tertiary/aromatic N) is 1. The Morgan fingerprint density at radius 2 is 1.61 bits per heavy atom. The van der Waals surface area contributed by atoms with Crippen molar-refractivity contribution in [2.24, 2.45) is 0 Å². The van der Waals surface area contributed by atoms with Crippen molar-refractivity contribution >= 4 is 31.9 Å². The number of nitrogens with one attached hydrogen (secondary N) is 1. The van der Waals surface area contributed by atoms with Crippen molar-refractivity contribution in [2.75, 3.05) is 0 Å². The molecule has 0 radical (unpaired) electrons. The summed E-state index contributed by atoms with van der Waals surface area (Å²) in [6, 6.07) is 19.8. The zero-order valence-corrected chi connectivity index (χ0v) is 12.7. The van der Waals surface area contributed by atoms with E-state index in [4.69, 9.17) is 4.18 Å². The second-order valence-electron chi connectivity index (χ2n) is 5.07. The van der Waals surface area contributed by atoms with Gasteiger partial charge in [-0.1, -0.05) is 48.5 Å². The van der Waals surface area contributed by atoms with Crippen molar-refractivity contribution < 1.29 is 12.6 Å². The molecule has 0 aliphatic rings. The van der Waals surface area contributed by atoms with Crippen LogP contribution in [0.4, 0.5) is 0 Å². The van der Waals surface area contributed by atoms with Gasteiger partial charge in [-0.15, -0.1) is 0 Å². The molecule has 0 amide bonds. The minimum absolute atomic E-state index is 0.202. The van der Waals surface area contributed by atoms with Gasteiger partial charge in [0.2, 0.25) is 0 Å². The molecule has 1 aromatic heterocycles. The maximum atomic E-state index is 12.5. The molecular weight excluding hydrogens is 312 g/mol. The Hall–Kier alpha value is -2.86. The van der Waals surface area contributed by atoms with Crippen LogP contribution in [0.1, 0.15) is 0 Å². The summed E-state index contributed by atoms with van der Waals surface area (Å²) in [4.78, 5) is 6.87. The van der Waals surface area contributed by atoms with Crippen LogP contribution in [0.2, 0.25) is 0 Å². The van der Waals surface area contributed by atoms with E-state index in [-0.39, 0.29) is 10.9 Å². The maximum Gasteiger partial charge on any atom is 0.373 e. The number of rotatable bonds is 3. The Kier molecular flexibility index (Phi) is 3.06. The molecule has 0 saturated carbocycles. The van der Waals surface area contributed by atoms with Crippen LogP contribution in [0, 0.1) is 0 Å². The Balaban J connectivity index is 1.79. The van der Waals surface area contributed by atoms with E-state index in [0.717, 1.165) is 10.8 Å². The van der Waals surface area contributed by atoms with E-state index in [1.54, 1.807) is 30.3 Å². The molecule has 5 nitrogen and oxygen atoms in total. The van der Waals surface area contributed by atoms with E-state index in [9.17, 15) is 8.42 Å². The molecular formula is C17H12N2O3S. The first-order valence-electron chi connectivity index (χ1n) is 7.00. The lowest BCUT2D eigenvalue weighted by Gasteiger charge is -2.07. The summed E-state index contributed by atoms with van der Waals surface area (Å²) >= 11 is 0. The van der Waals surface area contributed by atoms with Crippen LogP contribution < -0.4 is 4.18 Å². The van der Waals surface area contributed by atoms with Crippen LogP contribution in [0.3, 0.4) is 0 Å². The van der Waals surface area contributed by atoms with Crippen molar-refractivity contribution in [2.45, 2.75) is 5.16 Å². The molecule has 1 N–H and O–H groups in total. The minimum Gasteiger partial charge on any atom is -0.376 e. The molecule has 4 rings (SSSR count). The Morgan fingerprint density at radius 3 is 2.48 bits per heavy atom. The number of fused-ring (bicyclic) bond motifs is 2. The molecule has 0 bridgehead atoms. The number of aromatic nitrogens is 2. The van der Waals surface area contributed by atoms with Gasteiger partial charge in [0, 0.05) is 5.39 Å². The van der Waals surface area contributed by atoms with E-state index in [0.29, 0.717) is 11.0 Å². The summed E-state index contributed by atoms with van der Waals surface area (Å²) < 4.78 is 30.3. The van der Waals surface area contributed by atoms with Gasteiger partial charge in [-0.05, 0) is 23.6 Å². The zero-order chi connectivity index (χ0) is 15.9. The largest absolute Gasteiger partial charge is 0.376 e. The Bertz CT molecular complexity index is 1080. The second kappa shape index (κ2) is 5.10. The lowest BCUT2D eigenvalue weighted by molar-refractivity contribution is 0.482. The fourth-order valence-corrected chi connectivity index (χ4v) is 3.38. The quantitative estimate of drug-likeness (QED) is 0.586. The Morgan fingerprint density at radius 1 is 0.870 bits per heavy atom. The van der Waals surface area contributed by atoms with Crippen LogP contribution in [0.25, 0.3) is 21.8 Å². The molecule has 0 fully saturated rings. The fraction of sp³-hybridized carbons (Fsp3) is 0. The highest BCUT2D eigenvalue weighted by molar-refractivity contribution is 7.87. The summed E-state index contributed by atoms with van der Waals surface area (Å²) in [5.41, 5.74) is 1.22. The monoisotopic (exact) mass is 324 g/mol. The average Bonchev–Trinajstić information content (AvgIpc) is 3.00. The summed E-state index contributed by atoms with van der Waals surface area (Å²) in [5, 5.41) is 1.44. The third-order valence-electron chi connectivity index (χ3n) is 3.55. The maximum absolute atomic E-state index is 12.5. The predicted octanol–water partition coefficient (Wildman–Crippen LogP) is 3.48. The highest BCUT2D eigenvalue weighted by Crippen LogP contribution is 2.28. The van der Waals surface area contributed by atoms with Gasteiger partial charge in [-0.3, -0.25) is 0 Å². The summed E-state index contributed by atoms with van der Waals surface area (Å²) in [6.07, 6.45) is 0. The predicted molar refractivity (Wildman–Crippen MR) is 87.9 cm³/mol. The van der Waals surface area contributed by atoms with Crippen molar-refractivity contribution in [3.05, 3.63) is 66.7 Å². The molecule has 0 saturated heterocycles. The van der Waals surface area contributed by atoms with Crippen LogP contribution >= 0.6 is 0 Å². The normalized spacial score (nSPS) is 11.8. The highest BCUT2D eigenvalue weighted by atomic mass is 32.2. The topological polar surface area (TPSA) is 72.1 Å². The van der Waals surface area contributed by atoms with Gasteiger partial charge in [-0.2, -0.15) is 8.42 Å². The number of benzene rings is 3. The van der Waals surface area contributed by atoms with Crippen molar-refractivity contribution in [3.63, 3.8) is 0 Å². The van der Waals surface area contributed by atoms with Gasteiger partial charge in [-0.25, -0.2) is 4.98 Å². The first-order chi connectivity index (χ1) is 11.1. The second-order valence-corrected chi connectivity index (χ2v) is 6.54. The number of hydrogen-bond acceptors (Lipinski definition) is 4. The molecule has 0 unspecified atom stereocenters. The van der Waals surface area contributed by atoms with Gasteiger partial charge in [0.05, 0.1) is 11.0 Å². The molecule has 6 heteroatoms. The first kappa shape index (κ1) is 13.8. The Labute approximate surface area is 132 Å². The first-order valence-corrected chi connectivity index (χ1v) is 8.41. The van der Waals surface area contributed by atoms with Gasteiger partial charge in [0.15, 0.2) is 5.75 Å². The van der Waals surface area contributed by atoms with Crippen molar-refractivity contribution in [1.82, 2.24) is 9.97 Å². The summed E-state index contributed by atoms with van der Waals surface area (Å²) in [6.45, 7) is 0. The molecule has 1 heterocycles. The standard InChI is InChI=1S/C17H12N2O3S/c20-23(21,17-18-14-9-3-4-10-15(14)19-17)22-16-11-5-7-12-6-1-2-8-13(12)16/h1-11H,(H,18,19). The SMILES string of the molecule is O=S(=O)(Oc1cccc2ccccc12)c1nc2ccccc2[nH]1. The van der Waals surface area contributed by atoms with Crippen molar-refractivity contribution in [1.29, 1.82) is 0 Å². The van der Waals surface area contributed by atoms with Gasteiger partial charge < -0.3 is 9.17 Å². The lowest BCUT2D eigenvalue weighted by Crippen LogP contribution is -2.11. The number of imidazole rings is 1. The third kappa shape index (κ3) is 2.43. The lowest BCUT2D eigenvalue weighted by atomic mass is 10.1. The molecule has 0 aliphatic heterocycles. The molecule has 23 heavy (non-hydrogen) atoms. The smallest absolute Gasteiger partial charge is 0.373 e. The highest BCUT2D eigenvalue weighted by Gasteiger charge is 2.22. The van der Waals surface area contributed by atoms with E-state index in [1.807, 2.05) is 36.4 Å². The van der Waals surface area contributed by atoms with Crippen LogP contribution in [0.5, 0.6) is 5.75 Å². The third-order valence-corrected chi connectivity index (χ3v) is 4.62. The number of para-hydroxylation sites is 2. The fourth-order valence-electron chi connectivity index (χ4n) is 2.47.